The number of amides is 1. The predicted molar refractivity (Wildman–Crippen MR) is 68.6 cm³/mol. The van der Waals surface area contributed by atoms with Crippen molar-refractivity contribution < 1.29 is 19.7 Å². The van der Waals surface area contributed by atoms with Crippen molar-refractivity contribution in [3.8, 4) is 0 Å². The van der Waals surface area contributed by atoms with E-state index in [-0.39, 0.29) is 18.5 Å². The number of guanidine groups is 1. The number of hydrogen-bond acceptors (Lipinski definition) is 8. The number of nitrogens with two attached hydrogens (primary N) is 1. The first-order valence-electron chi connectivity index (χ1n) is 6.11. The fourth-order valence-corrected chi connectivity index (χ4v) is 2.49. The summed E-state index contributed by atoms with van der Waals surface area (Å²) in [6.07, 6.45) is -1.72. The molecule has 2 unspecified atom stereocenters. The SMILES string of the molecule is C=C1[C@@H](O)[C@H](N2C=NC3C(=O)NC(N)=NC32)O[C@@H]1CO. The Morgan fingerprint density at radius 2 is 2.35 bits per heavy atom. The van der Waals surface area contributed by atoms with Crippen LogP contribution in [0.4, 0.5) is 0 Å². The molecule has 1 fully saturated rings. The van der Waals surface area contributed by atoms with Crippen LogP contribution in [-0.2, 0) is 9.53 Å². The molecule has 1 saturated heterocycles. The van der Waals surface area contributed by atoms with Crippen molar-refractivity contribution in [3.63, 3.8) is 0 Å². The fraction of sp³-hybridized carbons (Fsp3) is 0.545. The number of fused-ring (bicyclic) bond motifs is 1. The van der Waals surface area contributed by atoms with E-state index >= 15 is 0 Å². The van der Waals surface area contributed by atoms with Gasteiger partial charge in [0, 0.05) is 0 Å². The third-order valence-corrected chi connectivity index (χ3v) is 3.57. The molecule has 0 bridgehead atoms. The van der Waals surface area contributed by atoms with E-state index < -0.39 is 30.6 Å². The van der Waals surface area contributed by atoms with Crippen molar-refractivity contribution in [2.24, 2.45) is 15.7 Å². The number of carbonyl (C=O) groups excluding carboxylic acids is 1. The van der Waals surface area contributed by atoms with Crippen LogP contribution in [0.2, 0.25) is 0 Å². The molecular weight excluding hydrogens is 266 g/mol. The maximum absolute atomic E-state index is 11.7. The van der Waals surface area contributed by atoms with Crippen molar-refractivity contribution in [1.29, 1.82) is 0 Å². The number of nitrogens with one attached hydrogen (secondary N) is 1. The Labute approximate surface area is 114 Å². The second-order valence-electron chi connectivity index (χ2n) is 4.79. The van der Waals surface area contributed by atoms with Crippen LogP contribution in [0.3, 0.4) is 0 Å². The molecule has 3 aliphatic heterocycles. The zero-order valence-corrected chi connectivity index (χ0v) is 10.5. The second kappa shape index (κ2) is 4.54. The number of aliphatic hydroxyl groups excluding tert-OH is 2. The van der Waals surface area contributed by atoms with Gasteiger partial charge in [0.2, 0.25) is 0 Å². The normalized spacial score (nSPS) is 39.8. The van der Waals surface area contributed by atoms with Crippen LogP contribution in [0.1, 0.15) is 0 Å². The van der Waals surface area contributed by atoms with Gasteiger partial charge in [0.25, 0.3) is 5.91 Å². The van der Waals surface area contributed by atoms with E-state index in [2.05, 4.69) is 21.9 Å². The highest BCUT2D eigenvalue weighted by atomic mass is 16.5. The number of ether oxygens (including phenoxy) is 1. The van der Waals surface area contributed by atoms with Crippen molar-refractivity contribution in [1.82, 2.24) is 10.2 Å². The quantitative estimate of drug-likeness (QED) is 0.401. The molecule has 0 spiro atoms. The van der Waals surface area contributed by atoms with Crippen molar-refractivity contribution in [2.75, 3.05) is 6.61 Å². The topological polar surface area (TPSA) is 133 Å². The summed E-state index contributed by atoms with van der Waals surface area (Å²) in [5.41, 5.74) is 5.91. The van der Waals surface area contributed by atoms with Gasteiger partial charge in [0.05, 0.1) is 12.9 Å². The summed E-state index contributed by atoms with van der Waals surface area (Å²) >= 11 is 0. The van der Waals surface area contributed by atoms with Crippen molar-refractivity contribution in [2.45, 2.75) is 30.6 Å². The first-order valence-corrected chi connectivity index (χ1v) is 6.11. The van der Waals surface area contributed by atoms with Gasteiger partial charge >= 0.3 is 0 Å². The molecule has 0 aromatic carbocycles. The van der Waals surface area contributed by atoms with E-state index in [9.17, 15) is 15.0 Å². The summed E-state index contributed by atoms with van der Waals surface area (Å²) in [6.45, 7) is 3.42. The van der Waals surface area contributed by atoms with Gasteiger partial charge in [-0.25, -0.2) is 4.99 Å². The van der Waals surface area contributed by atoms with Crippen LogP contribution in [0.15, 0.2) is 22.1 Å². The highest BCUT2D eigenvalue weighted by molar-refractivity contribution is 6.02. The number of nitrogens with zero attached hydrogens (tertiary/aromatic N) is 3. The molecule has 20 heavy (non-hydrogen) atoms. The van der Waals surface area contributed by atoms with Crippen LogP contribution >= 0.6 is 0 Å². The molecule has 0 aromatic heterocycles. The van der Waals surface area contributed by atoms with Crippen LogP contribution in [0.5, 0.6) is 0 Å². The molecule has 9 nitrogen and oxygen atoms in total. The van der Waals surface area contributed by atoms with Gasteiger partial charge in [-0.05, 0) is 5.57 Å². The molecule has 9 heteroatoms. The molecule has 0 aromatic rings. The van der Waals surface area contributed by atoms with E-state index in [1.165, 1.54) is 11.2 Å². The molecule has 5 atom stereocenters. The summed E-state index contributed by atoms with van der Waals surface area (Å²) in [7, 11) is 0. The van der Waals surface area contributed by atoms with Gasteiger partial charge < -0.3 is 25.6 Å². The Kier molecular flexibility index (Phi) is 2.96. The van der Waals surface area contributed by atoms with Crippen LogP contribution in [0.25, 0.3) is 0 Å². The molecule has 3 heterocycles. The first-order chi connectivity index (χ1) is 9.52. The first kappa shape index (κ1) is 13.0. The zero-order chi connectivity index (χ0) is 14.4. The third-order valence-electron chi connectivity index (χ3n) is 3.57. The van der Waals surface area contributed by atoms with Gasteiger partial charge in [-0.15, -0.1) is 0 Å². The lowest BCUT2D eigenvalue weighted by molar-refractivity contribution is -0.124. The lowest BCUT2D eigenvalue weighted by Gasteiger charge is -2.32. The van der Waals surface area contributed by atoms with Crippen molar-refractivity contribution >= 4 is 18.2 Å². The highest BCUT2D eigenvalue weighted by Crippen LogP contribution is 2.31. The summed E-state index contributed by atoms with van der Waals surface area (Å²) in [5, 5.41) is 21.7. The number of aliphatic imine (C=N–C) groups is 2. The van der Waals surface area contributed by atoms with E-state index in [0.29, 0.717) is 5.57 Å². The van der Waals surface area contributed by atoms with E-state index in [1.54, 1.807) is 0 Å². The molecule has 1 amide bonds. The number of hydrogen-bond donors (Lipinski definition) is 4. The maximum Gasteiger partial charge on any atom is 0.255 e. The van der Waals surface area contributed by atoms with Gasteiger partial charge in [-0.1, -0.05) is 6.58 Å². The predicted octanol–water partition coefficient (Wildman–Crippen LogP) is -2.90. The molecular formula is C11H15N5O4. The maximum atomic E-state index is 11.7. The van der Waals surface area contributed by atoms with Crippen LogP contribution in [0, 0.1) is 0 Å². The number of carbonyl (C=O) groups is 1. The fourth-order valence-electron chi connectivity index (χ4n) is 2.49. The largest absolute Gasteiger partial charge is 0.393 e. The summed E-state index contributed by atoms with van der Waals surface area (Å²) in [6, 6.07) is -0.723. The molecule has 3 rings (SSSR count). The Bertz CT molecular complexity index is 519. The molecule has 5 N–H and O–H groups in total. The summed E-state index contributed by atoms with van der Waals surface area (Å²) in [5.74, 6) is -0.358. The molecule has 108 valence electrons. The Morgan fingerprint density at radius 3 is 3.00 bits per heavy atom. The Morgan fingerprint density at radius 1 is 1.60 bits per heavy atom. The van der Waals surface area contributed by atoms with E-state index in [4.69, 9.17) is 10.5 Å². The monoisotopic (exact) mass is 281 g/mol. The molecule has 3 aliphatic rings. The van der Waals surface area contributed by atoms with Crippen molar-refractivity contribution in [3.05, 3.63) is 12.2 Å². The van der Waals surface area contributed by atoms with Gasteiger partial charge in [-0.2, -0.15) is 0 Å². The molecule has 0 saturated carbocycles. The Hall–Kier alpha value is -1.97. The average molecular weight is 281 g/mol. The van der Waals surface area contributed by atoms with Gasteiger partial charge in [0.1, 0.15) is 12.2 Å². The highest BCUT2D eigenvalue weighted by Gasteiger charge is 2.48. The second-order valence-corrected chi connectivity index (χ2v) is 4.79. The van der Waals surface area contributed by atoms with E-state index in [0.717, 1.165) is 0 Å². The zero-order valence-electron chi connectivity index (χ0n) is 10.5. The average Bonchev–Trinajstić information content (AvgIpc) is 2.93. The lowest BCUT2D eigenvalue weighted by Crippen LogP contribution is -2.56. The summed E-state index contributed by atoms with van der Waals surface area (Å²) in [4.78, 5) is 21.4. The lowest BCUT2D eigenvalue weighted by atomic mass is 10.1. The number of aliphatic hydroxyl groups is 2. The van der Waals surface area contributed by atoms with Crippen LogP contribution in [-0.4, -0.2) is 70.6 Å². The number of rotatable bonds is 2. The Balaban J connectivity index is 1.85. The molecule has 0 radical (unpaired) electrons. The minimum atomic E-state index is -1.00. The molecule has 0 aliphatic carbocycles. The van der Waals surface area contributed by atoms with Crippen LogP contribution < -0.4 is 11.1 Å². The van der Waals surface area contributed by atoms with Gasteiger partial charge in [-0.3, -0.25) is 15.1 Å². The summed E-state index contributed by atoms with van der Waals surface area (Å²) < 4.78 is 5.53. The van der Waals surface area contributed by atoms with Gasteiger partial charge in [0.15, 0.2) is 24.4 Å². The standard InChI is InChI=1S/C11H15N5O4/c1-4-5(2-17)20-10(7(4)18)16-3-13-6-8(16)14-11(12)15-9(6)19/h3,5-8,10,17-18H,1-2H2,(H3,12,14,15,19)/t5-,6?,7-,8?,10-/m1/s1. The third kappa shape index (κ3) is 1.79. The minimum Gasteiger partial charge on any atom is -0.393 e. The van der Waals surface area contributed by atoms with E-state index in [1.807, 2.05) is 0 Å². The smallest absolute Gasteiger partial charge is 0.255 e. The minimum absolute atomic E-state index is 0.00299.